The summed E-state index contributed by atoms with van der Waals surface area (Å²) in [5.74, 6) is 1.18. The lowest BCUT2D eigenvalue weighted by Gasteiger charge is -2.18. The Labute approximate surface area is 137 Å². The Balaban J connectivity index is 1.61. The molecule has 2 nitrogen and oxygen atoms in total. The molecule has 0 fully saturated rings. The summed E-state index contributed by atoms with van der Waals surface area (Å²) in [5.41, 5.74) is 1.17. The maximum Gasteiger partial charge on any atom is 0.0716 e. The van der Waals surface area contributed by atoms with Gasteiger partial charge in [0.05, 0.1) is 12.7 Å². The van der Waals surface area contributed by atoms with Gasteiger partial charge in [-0.05, 0) is 30.0 Å². The maximum absolute atomic E-state index is 10.2. The van der Waals surface area contributed by atoms with E-state index >= 15 is 0 Å². The minimum Gasteiger partial charge on any atom is -0.393 e. The molecule has 0 radical (unpaired) electrons. The lowest BCUT2D eigenvalue weighted by molar-refractivity contribution is 0.0544. The summed E-state index contributed by atoms with van der Waals surface area (Å²) in [5, 5.41) is 10.2. The van der Waals surface area contributed by atoms with E-state index < -0.39 is 0 Å². The predicted octanol–water partition coefficient (Wildman–Crippen LogP) is 4.38. The normalized spacial score (nSPS) is 13.7. The monoisotopic (exact) mass is 316 g/mol. The first-order chi connectivity index (χ1) is 10.8. The van der Waals surface area contributed by atoms with Crippen LogP contribution in [0.4, 0.5) is 0 Å². The Morgan fingerprint density at radius 2 is 1.64 bits per heavy atom. The van der Waals surface area contributed by atoms with Gasteiger partial charge in [0.15, 0.2) is 0 Å². The number of hydrogen-bond acceptors (Lipinski definition) is 3. The van der Waals surface area contributed by atoms with E-state index in [-0.39, 0.29) is 12.0 Å². The summed E-state index contributed by atoms with van der Waals surface area (Å²) in [6.07, 6.45) is 0.371. The van der Waals surface area contributed by atoms with Crippen LogP contribution in [0.25, 0.3) is 0 Å². The highest BCUT2D eigenvalue weighted by Crippen LogP contribution is 2.22. The van der Waals surface area contributed by atoms with Gasteiger partial charge in [-0.25, -0.2) is 0 Å². The largest absolute Gasteiger partial charge is 0.393 e. The summed E-state index contributed by atoms with van der Waals surface area (Å²) in [7, 11) is 0. The van der Waals surface area contributed by atoms with E-state index in [1.54, 1.807) is 11.8 Å². The Morgan fingerprint density at radius 3 is 2.32 bits per heavy atom. The standard InChI is InChI=1S/C19H24O2S/c1-16(15-22-18-10-6-3-7-11-18)19(20)12-13-21-14-17-8-4-2-5-9-17/h2-11,16,19-20H,12-15H2,1H3/t16-,19-/m1/s1. The Bertz CT molecular complexity index is 515. The van der Waals surface area contributed by atoms with E-state index in [2.05, 4.69) is 31.2 Å². The van der Waals surface area contributed by atoms with Gasteiger partial charge in [-0.2, -0.15) is 0 Å². The van der Waals surface area contributed by atoms with E-state index in [9.17, 15) is 5.11 Å². The average Bonchev–Trinajstić information content (AvgIpc) is 2.58. The van der Waals surface area contributed by atoms with E-state index in [0.717, 1.165) is 5.75 Å². The predicted molar refractivity (Wildman–Crippen MR) is 93.1 cm³/mol. The molecular formula is C19H24O2S. The smallest absolute Gasteiger partial charge is 0.0716 e. The molecule has 0 heterocycles. The zero-order valence-electron chi connectivity index (χ0n) is 13.0. The fourth-order valence-corrected chi connectivity index (χ4v) is 3.14. The second kappa shape index (κ2) is 9.67. The zero-order chi connectivity index (χ0) is 15.6. The number of rotatable bonds is 9. The summed E-state index contributed by atoms with van der Waals surface area (Å²) < 4.78 is 5.64. The Hall–Kier alpha value is -1.29. The van der Waals surface area contributed by atoms with Gasteiger partial charge in [0, 0.05) is 17.3 Å². The molecule has 0 aliphatic carbocycles. The lowest BCUT2D eigenvalue weighted by Crippen LogP contribution is -2.21. The van der Waals surface area contributed by atoms with Crippen LogP contribution in [0.3, 0.4) is 0 Å². The molecule has 0 spiro atoms. The van der Waals surface area contributed by atoms with Crippen LogP contribution < -0.4 is 0 Å². The number of aliphatic hydroxyl groups is 1. The number of aliphatic hydroxyl groups excluding tert-OH is 1. The molecule has 0 saturated carbocycles. The van der Waals surface area contributed by atoms with Crippen molar-refractivity contribution in [2.75, 3.05) is 12.4 Å². The van der Waals surface area contributed by atoms with Crippen molar-refractivity contribution in [2.24, 2.45) is 5.92 Å². The first kappa shape index (κ1) is 17.1. The summed E-state index contributed by atoms with van der Waals surface area (Å²) in [6.45, 7) is 3.30. The van der Waals surface area contributed by atoms with Crippen molar-refractivity contribution in [1.29, 1.82) is 0 Å². The third-order valence-corrected chi connectivity index (χ3v) is 4.88. The number of ether oxygens (including phenoxy) is 1. The second-order valence-electron chi connectivity index (χ2n) is 5.50. The maximum atomic E-state index is 10.2. The van der Waals surface area contributed by atoms with E-state index in [1.807, 2.05) is 36.4 Å². The summed E-state index contributed by atoms with van der Waals surface area (Å²) in [4.78, 5) is 1.25. The highest BCUT2D eigenvalue weighted by molar-refractivity contribution is 7.99. The highest BCUT2D eigenvalue weighted by Gasteiger charge is 2.14. The molecule has 1 N–H and O–H groups in total. The lowest BCUT2D eigenvalue weighted by atomic mass is 10.1. The minimum atomic E-state index is -0.313. The van der Waals surface area contributed by atoms with Gasteiger partial charge in [-0.1, -0.05) is 55.5 Å². The number of thioether (sulfide) groups is 1. The highest BCUT2D eigenvalue weighted by atomic mass is 32.2. The van der Waals surface area contributed by atoms with Gasteiger partial charge < -0.3 is 9.84 Å². The molecule has 0 amide bonds. The second-order valence-corrected chi connectivity index (χ2v) is 6.59. The van der Waals surface area contributed by atoms with Crippen LogP contribution in [0.5, 0.6) is 0 Å². The first-order valence-corrected chi connectivity index (χ1v) is 8.72. The molecule has 0 aliphatic rings. The van der Waals surface area contributed by atoms with Crippen molar-refractivity contribution in [2.45, 2.75) is 31.0 Å². The molecule has 0 bridgehead atoms. The molecule has 118 valence electrons. The molecule has 0 aromatic heterocycles. The van der Waals surface area contributed by atoms with Gasteiger partial charge in [-0.15, -0.1) is 11.8 Å². The molecule has 2 rings (SSSR count). The molecule has 3 heteroatoms. The number of benzene rings is 2. The van der Waals surface area contributed by atoms with E-state index in [1.165, 1.54) is 10.5 Å². The van der Waals surface area contributed by atoms with Gasteiger partial charge >= 0.3 is 0 Å². The molecule has 0 unspecified atom stereocenters. The quantitative estimate of drug-likeness (QED) is 0.550. The van der Waals surface area contributed by atoms with Crippen molar-refractivity contribution < 1.29 is 9.84 Å². The van der Waals surface area contributed by atoms with Crippen LogP contribution >= 0.6 is 11.8 Å². The fourth-order valence-electron chi connectivity index (χ4n) is 2.11. The first-order valence-electron chi connectivity index (χ1n) is 7.73. The SMILES string of the molecule is C[C@H](CSc1ccccc1)[C@H](O)CCOCc1ccccc1. The number of hydrogen-bond donors (Lipinski definition) is 1. The van der Waals surface area contributed by atoms with Gasteiger partial charge in [0.25, 0.3) is 0 Å². The van der Waals surface area contributed by atoms with Crippen molar-refractivity contribution >= 4 is 11.8 Å². The summed E-state index contributed by atoms with van der Waals surface area (Å²) in [6, 6.07) is 20.4. The van der Waals surface area contributed by atoms with Gasteiger partial charge in [-0.3, -0.25) is 0 Å². The fraction of sp³-hybridized carbons (Fsp3) is 0.368. The van der Waals surface area contributed by atoms with Crippen LogP contribution in [0, 0.1) is 5.92 Å². The molecule has 0 saturated heterocycles. The molecule has 0 aliphatic heterocycles. The Morgan fingerprint density at radius 1 is 1.00 bits per heavy atom. The third kappa shape index (κ3) is 6.22. The molecule has 2 aromatic rings. The summed E-state index contributed by atoms with van der Waals surface area (Å²) >= 11 is 1.79. The van der Waals surface area contributed by atoms with Gasteiger partial charge in [0.1, 0.15) is 0 Å². The molecule has 2 aromatic carbocycles. The zero-order valence-corrected chi connectivity index (χ0v) is 13.8. The van der Waals surface area contributed by atoms with Crippen LogP contribution in [-0.4, -0.2) is 23.6 Å². The van der Waals surface area contributed by atoms with Crippen molar-refractivity contribution in [3.05, 3.63) is 66.2 Å². The molecule has 22 heavy (non-hydrogen) atoms. The molecular weight excluding hydrogens is 292 g/mol. The average molecular weight is 316 g/mol. The van der Waals surface area contributed by atoms with Crippen LogP contribution in [0.1, 0.15) is 18.9 Å². The van der Waals surface area contributed by atoms with Crippen molar-refractivity contribution in [1.82, 2.24) is 0 Å². The molecule has 2 atom stereocenters. The van der Waals surface area contributed by atoms with Crippen molar-refractivity contribution in [3.63, 3.8) is 0 Å². The van der Waals surface area contributed by atoms with Crippen LogP contribution in [0.2, 0.25) is 0 Å². The minimum absolute atomic E-state index is 0.255. The third-order valence-electron chi connectivity index (χ3n) is 3.58. The van der Waals surface area contributed by atoms with Crippen LogP contribution in [0.15, 0.2) is 65.6 Å². The van der Waals surface area contributed by atoms with Crippen LogP contribution in [-0.2, 0) is 11.3 Å². The van der Waals surface area contributed by atoms with E-state index in [0.29, 0.717) is 19.6 Å². The van der Waals surface area contributed by atoms with E-state index in [4.69, 9.17) is 4.74 Å². The Kier molecular flexibility index (Phi) is 7.50. The topological polar surface area (TPSA) is 29.5 Å². The van der Waals surface area contributed by atoms with Crippen molar-refractivity contribution in [3.8, 4) is 0 Å². The van der Waals surface area contributed by atoms with Gasteiger partial charge in [0.2, 0.25) is 0 Å².